The first-order valence-corrected chi connectivity index (χ1v) is 8.00. The van der Waals surface area contributed by atoms with Gasteiger partial charge >= 0.3 is 0 Å². The number of hydrogen-bond acceptors (Lipinski definition) is 5. The molecule has 2 N–H and O–H groups in total. The molecule has 3 rings (SSSR count). The molecule has 0 bridgehead atoms. The summed E-state index contributed by atoms with van der Waals surface area (Å²) in [5, 5.41) is 6.02. The Hall–Kier alpha value is -2.93. The van der Waals surface area contributed by atoms with Gasteiger partial charge in [0.15, 0.2) is 5.13 Å². The topological polar surface area (TPSA) is 80.3 Å². The van der Waals surface area contributed by atoms with E-state index in [4.69, 9.17) is 4.74 Å². The average molecular weight is 341 g/mol. The van der Waals surface area contributed by atoms with Crippen LogP contribution in [0.1, 0.15) is 17.3 Å². The van der Waals surface area contributed by atoms with Crippen molar-refractivity contribution >= 4 is 44.2 Å². The third-order valence-electron chi connectivity index (χ3n) is 3.28. The van der Waals surface area contributed by atoms with Gasteiger partial charge in [0.05, 0.1) is 17.3 Å². The van der Waals surface area contributed by atoms with E-state index < -0.39 is 0 Å². The Bertz CT molecular complexity index is 903. The predicted octanol–water partition coefficient (Wildman–Crippen LogP) is 3.52. The Morgan fingerprint density at radius 1 is 1.08 bits per heavy atom. The number of fused-ring (bicyclic) bond motifs is 1. The summed E-state index contributed by atoms with van der Waals surface area (Å²) in [6.07, 6.45) is 0. The number of carbonyl (C=O) groups is 2. The third kappa shape index (κ3) is 3.52. The van der Waals surface area contributed by atoms with Crippen LogP contribution < -0.4 is 15.4 Å². The molecule has 1 heterocycles. The van der Waals surface area contributed by atoms with Crippen molar-refractivity contribution < 1.29 is 14.3 Å². The van der Waals surface area contributed by atoms with Gasteiger partial charge in [0.2, 0.25) is 5.91 Å². The lowest BCUT2D eigenvalue weighted by Gasteiger charge is -2.03. The summed E-state index contributed by atoms with van der Waals surface area (Å²) < 4.78 is 5.95. The smallest absolute Gasteiger partial charge is 0.257 e. The Morgan fingerprint density at radius 3 is 2.50 bits per heavy atom. The molecule has 0 aliphatic carbocycles. The zero-order valence-corrected chi connectivity index (χ0v) is 13.9. The van der Waals surface area contributed by atoms with Crippen LogP contribution >= 0.6 is 11.3 Å². The molecule has 24 heavy (non-hydrogen) atoms. The molecule has 2 aromatic carbocycles. The van der Waals surface area contributed by atoms with Crippen LogP contribution in [-0.2, 0) is 4.79 Å². The number of carbonyl (C=O) groups excluding carboxylic acids is 2. The molecule has 0 saturated carbocycles. The van der Waals surface area contributed by atoms with Crippen molar-refractivity contribution in [3.8, 4) is 5.75 Å². The van der Waals surface area contributed by atoms with Crippen molar-refractivity contribution in [1.82, 2.24) is 4.98 Å². The second-order valence-corrected chi connectivity index (χ2v) is 6.10. The quantitative estimate of drug-likeness (QED) is 0.761. The van der Waals surface area contributed by atoms with E-state index in [9.17, 15) is 9.59 Å². The summed E-state index contributed by atoms with van der Waals surface area (Å²) in [6.45, 7) is 1.46. The minimum atomic E-state index is -0.237. The van der Waals surface area contributed by atoms with Crippen LogP contribution in [0, 0.1) is 0 Å². The highest BCUT2D eigenvalue weighted by Gasteiger charge is 2.10. The molecule has 0 unspecified atom stereocenters. The number of nitrogens with one attached hydrogen (secondary N) is 2. The fourth-order valence-corrected chi connectivity index (χ4v) is 3.07. The number of benzene rings is 2. The second-order valence-electron chi connectivity index (χ2n) is 5.07. The Labute approximate surface area is 142 Å². The van der Waals surface area contributed by atoms with Crippen LogP contribution in [0.2, 0.25) is 0 Å². The molecule has 122 valence electrons. The largest absolute Gasteiger partial charge is 0.497 e. The number of methoxy groups -OCH3 is 1. The van der Waals surface area contributed by atoms with Crippen LogP contribution in [0.5, 0.6) is 5.75 Å². The van der Waals surface area contributed by atoms with Gasteiger partial charge in [-0.1, -0.05) is 11.3 Å². The Balaban J connectivity index is 1.78. The van der Waals surface area contributed by atoms with E-state index in [2.05, 4.69) is 15.6 Å². The summed E-state index contributed by atoms with van der Waals surface area (Å²) in [4.78, 5) is 27.8. The highest BCUT2D eigenvalue weighted by Crippen LogP contribution is 2.28. The standard InChI is InChI=1S/C17H15N3O3S/c1-10(21)18-12-5-8-14-15(9-12)24-17(19-14)20-16(22)11-3-6-13(23-2)7-4-11/h3-9H,1-2H3,(H,18,21)(H,19,20,22). The fourth-order valence-electron chi connectivity index (χ4n) is 2.17. The zero-order valence-electron chi connectivity index (χ0n) is 13.1. The van der Waals surface area contributed by atoms with Crippen LogP contribution in [0.15, 0.2) is 42.5 Å². The van der Waals surface area contributed by atoms with Gasteiger partial charge in [-0.05, 0) is 42.5 Å². The van der Waals surface area contributed by atoms with Gasteiger partial charge in [0.25, 0.3) is 5.91 Å². The number of anilines is 2. The molecule has 0 saturated heterocycles. The molecule has 0 spiro atoms. The molecule has 0 fully saturated rings. The second kappa shape index (κ2) is 6.67. The lowest BCUT2D eigenvalue weighted by atomic mass is 10.2. The van der Waals surface area contributed by atoms with Gasteiger partial charge in [-0.2, -0.15) is 0 Å². The molecule has 2 amide bonds. The molecular formula is C17H15N3O3S. The lowest BCUT2D eigenvalue weighted by Crippen LogP contribution is -2.11. The van der Waals surface area contributed by atoms with E-state index >= 15 is 0 Å². The van der Waals surface area contributed by atoms with E-state index in [1.165, 1.54) is 18.3 Å². The normalized spacial score (nSPS) is 10.4. The number of rotatable bonds is 4. The van der Waals surface area contributed by atoms with Gasteiger partial charge < -0.3 is 10.1 Å². The molecule has 0 aliphatic heterocycles. The van der Waals surface area contributed by atoms with Crippen molar-refractivity contribution in [2.75, 3.05) is 17.7 Å². The molecule has 0 aliphatic rings. The summed E-state index contributed by atoms with van der Waals surface area (Å²) in [5.41, 5.74) is 1.99. The van der Waals surface area contributed by atoms with Gasteiger partial charge in [-0.3, -0.25) is 14.9 Å². The number of ether oxygens (including phenoxy) is 1. The van der Waals surface area contributed by atoms with Crippen molar-refractivity contribution in [2.24, 2.45) is 0 Å². The summed E-state index contributed by atoms with van der Waals surface area (Å²) in [6, 6.07) is 12.3. The number of nitrogens with zero attached hydrogens (tertiary/aromatic N) is 1. The number of amides is 2. The maximum Gasteiger partial charge on any atom is 0.257 e. The highest BCUT2D eigenvalue weighted by atomic mass is 32.1. The van der Waals surface area contributed by atoms with Crippen molar-refractivity contribution in [3.05, 3.63) is 48.0 Å². The van der Waals surface area contributed by atoms with Crippen LogP contribution in [0.3, 0.4) is 0 Å². The Kier molecular flexibility index (Phi) is 4.43. The van der Waals surface area contributed by atoms with Crippen LogP contribution in [0.25, 0.3) is 10.2 Å². The molecule has 6 nitrogen and oxygen atoms in total. The molecule has 7 heteroatoms. The number of thiazole rings is 1. The average Bonchev–Trinajstić information content (AvgIpc) is 2.95. The minimum Gasteiger partial charge on any atom is -0.497 e. The first-order chi connectivity index (χ1) is 11.5. The van der Waals surface area contributed by atoms with E-state index in [0.717, 1.165) is 10.2 Å². The summed E-state index contributed by atoms with van der Waals surface area (Å²) >= 11 is 1.35. The number of aromatic nitrogens is 1. The molecular weight excluding hydrogens is 326 g/mol. The highest BCUT2D eigenvalue weighted by molar-refractivity contribution is 7.22. The molecule has 0 radical (unpaired) electrons. The molecule has 1 aromatic heterocycles. The van der Waals surface area contributed by atoms with Gasteiger partial charge in [-0.15, -0.1) is 0 Å². The predicted molar refractivity (Wildman–Crippen MR) is 94.9 cm³/mol. The third-order valence-corrected chi connectivity index (χ3v) is 4.22. The van der Waals surface area contributed by atoms with Crippen molar-refractivity contribution in [2.45, 2.75) is 6.92 Å². The molecule has 3 aromatic rings. The summed E-state index contributed by atoms with van der Waals surface area (Å²) in [5.74, 6) is 0.322. The molecule has 0 atom stereocenters. The van der Waals surface area contributed by atoms with Gasteiger partial charge in [-0.25, -0.2) is 4.98 Å². The minimum absolute atomic E-state index is 0.133. The summed E-state index contributed by atoms with van der Waals surface area (Å²) in [7, 11) is 1.57. The first kappa shape index (κ1) is 15.9. The monoisotopic (exact) mass is 341 g/mol. The van der Waals surface area contributed by atoms with E-state index in [1.54, 1.807) is 43.5 Å². The van der Waals surface area contributed by atoms with E-state index in [-0.39, 0.29) is 11.8 Å². The van der Waals surface area contributed by atoms with E-state index in [0.29, 0.717) is 22.1 Å². The Morgan fingerprint density at radius 2 is 1.83 bits per heavy atom. The lowest BCUT2D eigenvalue weighted by molar-refractivity contribution is -0.114. The maximum absolute atomic E-state index is 12.3. The SMILES string of the molecule is COc1ccc(C(=O)Nc2nc3ccc(NC(C)=O)cc3s2)cc1. The van der Waals surface area contributed by atoms with Crippen molar-refractivity contribution in [3.63, 3.8) is 0 Å². The fraction of sp³-hybridized carbons (Fsp3) is 0.118. The zero-order chi connectivity index (χ0) is 17.1. The first-order valence-electron chi connectivity index (χ1n) is 7.19. The van der Waals surface area contributed by atoms with Crippen LogP contribution in [0.4, 0.5) is 10.8 Å². The van der Waals surface area contributed by atoms with E-state index in [1.807, 2.05) is 6.07 Å². The van der Waals surface area contributed by atoms with Gasteiger partial charge in [0.1, 0.15) is 5.75 Å². The maximum atomic E-state index is 12.3. The van der Waals surface area contributed by atoms with Gasteiger partial charge in [0, 0.05) is 18.2 Å². The van der Waals surface area contributed by atoms with Crippen molar-refractivity contribution in [1.29, 1.82) is 0 Å². The number of hydrogen-bond donors (Lipinski definition) is 2. The van der Waals surface area contributed by atoms with Crippen LogP contribution in [-0.4, -0.2) is 23.9 Å².